The van der Waals surface area contributed by atoms with Crippen LogP contribution in [0.1, 0.15) is 61.5 Å². The third kappa shape index (κ3) is 5.24. The lowest BCUT2D eigenvalue weighted by Gasteiger charge is -2.23. The van der Waals surface area contributed by atoms with Crippen molar-refractivity contribution in [2.75, 3.05) is 0 Å². The van der Waals surface area contributed by atoms with Crippen LogP contribution in [0.25, 0.3) is 6.08 Å². The highest BCUT2D eigenvalue weighted by Crippen LogP contribution is 2.30. The molecule has 0 unspecified atom stereocenters. The van der Waals surface area contributed by atoms with E-state index in [1.54, 1.807) is 13.0 Å². The van der Waals surface area contributed by atoms with E-state index in [0.717, 1.165) is 24.8 Å². The number of carboxylic acid groups (broad SMARTS) is 1. The van der Waals surface area contributed by atoms with Crippen molar-refractivity contribution in [2.45, 2.75) is 58.6 Å². The Morgan fingerprint density at radius 1 is 1.31 bits per heavy atom. The number of ether oxygens (including phenoxy) is 1. The number of carboxylic acids is 1. The van der Waals surface area contributed by atoms with Crippen LogP contribution in [-0.2, 0) is 4.74 Å². The van der Waals surface area contributed by atoms with Crippen molar-refractivity contribution in [1.82, 2.24) is 5.32 Å². The number of halogens is 1. The molecule has 2 rings (SSSR count). The Morgan fingerprint density at radius 3 is 2.62 bits per heavy atom. The minimum atomic E-state index is -0.987. The van der Waals surface area contributed by atoms with Gasteiger partial charge in [0.25, 0.3) is 0 Å². The third-order valence-electron chi connectivity index (χ3n) is 4.46. The number of amides is 1. The first-order valence-electron chi connectivity index (χ1n) is 8.78. The van der Waals surface area contributed by atoms with Crippen molar-refractivity contribution < 1.29 is 19.4 Å². The van der Waals surface area contributed by atoms with Crippen molar-refractivity contribution in [2.24, 2.45) is 5.92 Å². The molecule has 1 amide bonds. The molecule has 0 aromatic heterocycles. The van der Waals surface area contributed by atoms with Crippen LogP contribution < -0.4 is 5.32 Å². The lowest BCUT2D eigenvalue weighted by atomic mass is 9.97. The molecule has 2 atom stereocenters. The van der Waals surface area contributed by atoms with E-state index in [0.29, 0.717) is 10.6 Å². The molecule has 0 heterocycles. The lowest BCUT2D eigenvalue weighted by Crippen LogP contribution is -2.40. The van der Waals surface area contributed by atoms with Gasteiger partial charge >= 0.3 is 12.1 Å². The molecular weight excluding hydrogens is 354 g/mol. The number of carbonyl (C=O) groups is 2. The molecule has 0 aliphatic heterocycles. The summed E-state index contributed by atoms with van der Waals surface area (Å²) in [5, 5.41) is 12.9. The maximum absolute atomic E-state index is 12.0. The van der Waals surface area contributed by atoms with Crippen molar-refractivity contribution >= 4 is 29.7 Å². The highest BCUT2D eigenvalue weighted by atomic mass is 35.5. The monoisotopic (exact) mass is 379 g/mol. The van der Waals surface area contributed by atoms with Crippen LogP contribution in [0.5, 0.6) is 0 Å². The molecule has 2 N–H and O–H groups in total. The van der Waals surface area contributed by atoms with E-state index in [9.17, 15) is 14.7 Å². The number of rotatable bonds is 4. The Hall–Kier alpha value is -2.01. The predicted molar refractivity (Wildman–Crippen MR) is 103 cm³/mol. The van der Waals surface area contributed by atoms with Gasteiger partial charge in [0, 0.05) is 11.1 Å². The second-order valence-electron chi connectivity index (χ2n) is 7.65. The molecule has 0 spiro atoms. The summed E-state index contributed by atoms with van der Waals surface area (Å²) in [6.07, 6.45) is 6.15. The van der Waals surface area contributed by atoms with Crippen LogP contribution in [-0.4, -0.2) is 28.8 Å². The van der Waals surface area contributed by atoms with Gasteiger partial charge in [-0.05, 0) is 69.7 Å². The van der Waals surface area contributed by atoms with Crippen LogP contribution in [0.15, 0.2) is 18.2 Å². The normalized spacial score (nSPS) is 20.3. The maximum atomic E-state index is 12.0. The number of nitrogens with one attached hydrogen (secondary N) is 1. The summed E-state index contributed by atoms with van der Waals surface area (Å²) in [7, 11) is 0. The zero-order valence-corrected chi connectivity index (χ0v) is 16.4. The largest absolute Gasteiger partial charge is 0.478 e. The average Bonchev–Trinajstić information content (AvgIpc) is 2.93. The first-order chi connectivity index (χ1) is 12.1. The minimum absolute atomic E-state index is 0.0196. The number of hydrogen-bond donors (Lipinski definition) is 2. The standard InChI is InChI=1S/C20H26ClNO4/c1-12-14(15(18(23)24)10-11-16(12)21)9-8-13-6-5-7-17(13)22-19(25)26-20(2,3)4/h8-11,13,17H,5-7H2,1-4H3,(H,22,25)(H,23,24)/t13-,17-/m0/s1. The average molecular weight is 380 g/mol. The van der Waals surface area contributed by atoms with Crippen LogP contribution in [0.4, 0.5) is 4.79 Å². The SMILES string of the molecule is Cc1c(Cl)ccc(C(=O)O)c1C=C[C@@H]1CCC[C@@H]1NC(=O)OC(C)(C)C. The Balaban J connectivity index is 2.16. The highest BCUT2D eigenvalue weighted by molar-refractivity contribution is 6.31. The molecule has 142 valence electrons. The van der Waals surface area contributed by atoms with Gasteiger partial charge in [-0.1, -0.05) is 30.2 Å². The van der Waals surface area contributed by atoms with Gasteiger partial charge in [-0.25, -0.2) is 9.59 Å². The summed E-state index contributed by atoms with van der Waals surface area (Å²) < 4.78 is 5.33. The molecule has 0 saturated heterocycles. The van der Waals surface area contributed by atoms with Crippen molar-refractivity contribution in [1.29, 1.82) is 0 Å². The van der Waals surface area contributed by atoms with Crippen LogP contribution in [0.2, 0.25) is 5.02 Å². The van der Waals surface area contributed by atoms with Crippen LogP contribution in [0, 0.1) is 12.8 Å². The second kappa shape index (κ2) is 8.12. The molecule has 1 aromatic rings. The summed E-state index contributed by atoms with van der Waals surface area (Å²) >= 11 is 6.14. The molecule has 5 nitrogen and oxygen atoms in total. The molecule has 26 heavy (non-hydrogen) atoms. The molecule has 0 bridgehead atoms. The van der Waals surface area contributed by atoms with Crippen molar-refractivity contribution in [3.8, 4) is 0 Å². The zero-order chi connectivity index (χ0) is 19.5. The molecule has 1 aliphatic carbocycles. The van der Waals surface area contributed by atoms with Crippen molar-refractivity contribution in [3.05, 3.63) is 39.9 Å². The topological polar surface area (TPSA) is 75.6 Å². The number of aromatic carboxylic acids is 1. The first-order valence-corrected chi connectivity index (χ1v) is 9.16. The van der Waals surface area contributed by atoms with Crippen LogP contribution >= 0.6 is 11.6 Å². The smallest absolute Gasteiger partial charge is 0.407 e. The molecule has 1 saturated carbocycles. The minimum Gasteiger partial charge on any atom is -0.478 e. The van der Waals surface area contributed by atoms with E-state index in [2.05, 4.69) is 5.32 Å². The van der Waals surface area contributed by atoms with E-state index in [1.807, 2.05) is 32.9 Å². The molecular formula is C20H26ClNO4. The molecule has 0 radical (unpaired) electrons. The molecule has 6 heteroatoms. The summed E-state index contributed by atoms with van der Waals surface area (Å²) in [5.41, 5.74) is 1.02. The fourth-order valence-electron chi connectivity index (χ4n) is 3.18. The van der Waals surface area contributed by atoms with Crippen molar-refractivity contribution in [3.63, 3.8) is 0 Å². The Morgan fingerprint density at radius 2 is 2.00 bits per heavy atom. The van der Waals surface area contributed by atoms with E-state index in [1.165, 1.54) is 6.07 Å². The predicted octanol–water partition coefficient (Wildman–Crippen LogP) is 5.05. The van der Waals surface area contributed by atoms with Gasteiger partial charge in [0.2, 0.25) is 0 Å². The molecule has 1 aromatic carbocycles. The van der Waals surface area contributed by atoms with Gasteiger partial charge in [0.1, 0.15) is 5.60 Å². The number of hydrogen-bond acceptors (Lipinski definition) is 3. The Bertz CT molecular complexity index is 721. The summed E-state index contributed by atoms with van der Waals surface area (Å²) in [6.45, 7) is 7.29. The van der Waals surface area contributed by atoms with E-state index >= 15 is 0 Å². The quantitative estimate of drug-likeness (QED) is 0.767. The number of benzene rings is 1. The molecule has 1 aliphatic rings. The maximum Gasteiger partial charge on any atom is 0.407 e. The summed E-state index contributed by atoms with van der Waals surface area (Å²) in [6, 6.07) is 3.09. The fraction of sp³-hybridized carbons (Fsp3) is 0.500. The zero-order valence-electron chi connectivity index (χ0n) is 15.6. The van der Waals surface area contributed by atoms with Gasteiger partial charge in [-0.3, -0.25) is 0 Å². The van der Waals surface area contributed by atoms with E-state index < -0.39 is 17.7 Å². The first kappa shape index (κ1) is 20.3. The summed E-state index contributed by atoms with van der Waals surface area (Å²) in [4.78, 5) is 23.5. The van der Waals surface area contributed by atoms with E-state index in [4.69, 9.17) is 16.3 Å². The van der Waals surface area contributed by atoms with Gasteiger partial charge < -0.3 is 15.2 Å². The lowest BCUT2D eigenvalue weighted by molar-refractivity contribution is 0.0497. The summed E-state index contributed by atoms with van der Waals surface area (Å²) in [5.74, 6) is -0.859. The fourth-order valence-corrected chi connectivity index (χ4v) is 3.35. The van der Waals surface area contributed by atoms with Gasteiger partial charge in [-0.15, -0.1) is 0 Å². The van der Waals surface area contributed by atoms with Gasteiger partial charge in [0.05, 0.1) is 5.56 Å². The highest BCUT2D eigenvalue weighted by Gasteiger charge is 2.28. The number of alkyl carbamates (subject to hydrolysis) is 1. The number of carbonyl (C=O) groups excluding carboxylic acids is 1. The second-order valence-corrected chi connectivity index (χ2v) is 8.05. The van der Waals surface area contributed by atoms with Gasteiger partial charge in [-0.2, -0.15) is 0 Å². The third-order valence-corrected chi connectivity index (χ3v) is 4.87. The van der Waals surface area contributed by atoms with Gasteiger partial charge in [0.15, 0.2) is 0 Å². The van der Waals surface area contributed by atoms with E-state index in [-0.39, 0.29) is 17.5 Å². The Kier molecular flexibility index (Phi) is 6.34. The van der Waals surface area contributed by atoms with Crippen LogP contribution in [0.3, 0.4) is 0 Å². The molecule has 1 fully saturated rings. The Labute approximate surface area is 159 Å².